The molecule has 0 aliphatic carbocycles. The number of pyridine rings is 1. The molecule has 0 amide bonds. The van der Waals surface area contributed by atoms with Gasteiger partial charge >= 0.3 is 5.69 Å². The van der Waals surface area contributed by atoms with Crippen molar-refractivity contribution in [1.29, 1.82) is 0 Å². The quantitative estimate of drug-likeness (QED) is 0.514. The second kappa shape index (κ2) is 6.39. The molecular formula is C13H11N5O4. The smallest absolute Gasteiger partial charge is 0.272 e. The van der Waals surface area contributed by atoms with Crippen LogP contribution in [0.1, 0.15) is 11.1 Å². The third-order valence-corrected chi connectivity index (χ3v) is 2.81. The first-order valence-electron chi connectivity index (χ1n) is 6.11. The number of benzene rings is 1. The van der Waals surface area contributed by atoms with E-state index in [1.807, 2.05) is 0 Å². The Balaban J connectivity index is 2.30. The van der Waals surface area contributed by atoms with Crippen LogP contribution in [0.4, 0.5) is 17.1 Å². The predicted molar refractivity (Wildman–Crippen MR) is 79.9 cm³/mol. The van der Waals surface area contributed by atoms with E-state index in [0.29, 0.717) is 5.56 Å². The predicted octanol–water partition coefficient (Wildman–Crippen LogP) is 2.65. The molecule has 112 valence electrons. The highest BCUT2D eigenvalue weighted by Crippen LogP contribution is 2.32. The summed E-state index contributed by atoms with van der Waals surface area (Å²) in [6, 6.07) is 5.65. The molecule has 0 spiro atoms. The van der Waals surface area contributed by atoms with Crippen molar-refractivity contribution in [3.63, 3.8) is 0 Å². The van der Waals surface area contributed by atoms with Crippen molar-refractivity contribution in [1.82, 2.24) is 4.98 Å². The fourth-order valence-corrected chi connectivity index (χ4v) is 1.75. The zero-order chi connectivity index (χ0) is 16.1. The summed E-state index contributed by atoms with van der Waals surface area (Å²) in [6.45, 7) is 1.50. The Bertz CT molecular complexity index is 746. The van der Waals surface area contributed by atoms with Crippen LogP contribution in [0.3, 0.4) is 0 Å². The van der Waals surface area contributed by atoms with Crippen LogP contribution in [0, 0.1) is 27.2 Å². The van der Waals surface area contributed by atoms with Gasteiger partial charge in [-0.05, 0) is 30.7 Å². The average Bonchev–Trinajstić information content (AvgIpc) is 2.47. The van der Waals surface area contributed by atoms with E-state index in [-0.39, 0.29) is 11.4 Å². The minimum Gasteiger partial charge on any atom is -0.272 e. The number of nitrogens with zero attached hydrogens (tertiary/aromatic N) is 4. The highest BCUT2D eigenvalue weighted by Gasteiger charge is 2.22. The maximum Gasteiger partial charge on any atom is 0.301 e. The number of nitro groups is 2. The first-order chi connectivity index (χ1) is 10.5. The van der Waals surface area contributed by atoms with Gasteiger partial charge in [0.25, 0.3) is 5.69 Å². The van der Waals surface area contributed by atoms with Gasteiger partial charge in [0.15, 0.2) is 0 Å². The first-order valence-corrected chi connectivity index (χ1v) is 6.11. The molecule has 1 aromatic carbocycles. The number of hydrogen-bond donors (Lipinski definition) is 1. The summed E-state index contributed by atoms with van der Waals surface area (Å²) in [6.07, 6.45) is 4.63. The molecule has 0 saturated carbocycles. The molecular weight excluding hydrogens is 290 g/mol. The number of rotatable bonds is 5. The van der Waals surface area contributed by atoms with Gasteiger partial charge in [-0.25, -0.2) is 0 Å². The summed E-state index contributed by atoms with van der Waals surface area (Å²) in [5.74, 6) is 0. The number of hydrazone groups is 1. The van der Waals surface area contributed by atoms with Crippen LogP contribution in [0.5, 0.6) is 0 Å². The molecule has 22 heavy (non-hydrogen) atoms. The number of nitrogens with one attached hydrogen (secondary N) is 1. The largest absolute Gasteiger partial charge is 0.301 e. The van der Waals surface area contributed by atoms with Gasteiger partial charge in [-0.15, -0.1) is 0 Å². The Kier molecular flexibility index (Phi) is 4.37. The van der Waals surface area contributed by atoms with E-state index in [9.17, 15) is 20.2 Å². The minimum absolute atomic E-state index is 0.0819. The van der Waals surface area contributed by atoms with Crippen molar-refractivity contribution in [2.24, 2.45) is 5.10 Å². The van der Waals surface area contributed by atoms with Crippen molar-refractivity contribution in [2.75, 3.05) is 5.43 Å². The lowest BCUT2D eigenvalue weighted by Gasteiger charge is -2.04. The molecule has 9 heteroatoms. The number of anilines is 1. The summed E-state index contributed by atoms with van der Waals surface area (Å²) >= 11 is 0. The standard InChI is InChI=1S/C13H11N5O4/c1-9-6-11(13(18(21)22)7-12(9)17(19)20)16-15-8-10-2-4-14-5-3-10/h2-8,16H,1H3/b15-8+. The summed E-state index contributed by atoms with van der Waals surface area (Å²) in [7, 11) is 0. The maximum atomic E-state index is 11.0. The molecule has 0 bridgehead atoms. The van der Waals surface area contributed by atoms with Crippen molar-refractivity contribution in [3.8, 4) is 0 Å². The van der Waals surface area contributed by atoms with Gasteiger partial charge in [0.05, 0.1) is 22.1 Å². The van der Waals surface area contributed by atoms with E-state index in [2.05, 4.69) is 15.5 Å². The Morgan fingerprint density at radius 2 is 1.77 bits per heavy atom. The third-order valence-electron chi connectivity index (χ3n) is 2.81. The molecule has 9 nitrogen and oxygen atoms in total. The van der Waals surface area contributed by atoms with Gasteiger partial charge in [-0.1, -0.05) is 0 Å². The normalized spacial score (nSPS) is 10.6. The average molecular weight is 301 g/mol. The van der Waals surface area contributed by atoms with Gasteiger partial charge in [-0.2, -0.15) is 5.10 Å². The lowest BCUT2D eigenvalue weighted by atomic mass is 10.1. The van der Waals surface area contributed by atoms with E-state index in [4.69, 9.17) is 0 Å². The molecule has 0 radical (unpaired) electrons. The van der Waals surface area contributed by atoms with E-state index in [1.54, 1.807) is 24.5 Å². The lowest BCUT2D eigenvalue weighted by Crippen LogP contribution is -2.00. The molecule has 1 aromatic heterocycles. The van der Waals surface area contributed by atoms with Gasteiger partial charge in [-0.3, -0.25) is 30.6 Å². The van der Waals surface area contributed by atoms with Gasteiger partial charge in [0, 0.05) is 18.0 Å². The summed E-state index contributed by atoms with van der Waals surface area (Å²) in [5.41, 5.74) is 2.95. The van der Waals surface area contributed by atoms with Crippen molar-refractivity contribution in [3.05, 3.63) is 68.0 Å². The van der Waals surface area contributed by atoms with Crippen LogP contribution >= 0.6 is 0 Å². The van der Waals surface area contributed by atoms with Gasteiger partial charge in [0.2, 0.25) is 0 Å². The van der Waals surface area contributed by atoms with Crippen LogP contribution in [-0.2, 0) is 0 Å². The molecule has 2 rings (SSSR count). The fraction of sp³-hybridized carbons (Fsp3) is 0.0769. The van der Waals surface area contributed by atoms with E-state index in [0.717, 1.165) is 11.6 Å². The van der Waals surface area contributed by atoms with Crippen molar-refractivity contribution >= 4 is 23.3 Å². The molecule has 0 aliphatic heterocycles. The van der Waals surface area contributed by atoms with Crippen molar-refractivity contribution in [2.45, 2.75) is 6.92 Å². The SMILES string of the molecule is Cc1cc(N/N=C/c2ccncc2)c([N+](=O)[O-])cc1[N+](=O)[O-]. The van der Waals surface area contributed by atoms with Gasteiger partial charge in [0.1, 0.15) is 5.69 Å². The summed E-state index contributed by atoms with van der Waals surface area (Å²) in [5, 5.41) is 25.8. The summed E-state index contributed by atoms with van der Waals surface area (Å²) in [4.78, 5) is 24.4. The zero-order valence-electron chi connectivity index (χ0n) is 11.5. The van der Waals surface area contributed by atoms with E-state index < -0.39 is 15.5 Å². The number of hydrogen-bond acceptors (Lipinski definition) is 7. The fourth-order valence-electron chi connectivity index (χ4n) is 1.75. The second-order valence-electron chi connectivity index (χ2n) is 4.32. The zero-order valence-corrected chi connectivity index (χ0v) is 11.5. The first kappa shape index (κ1) is 15.0. The van der Waals surface area contributed by atoms with Crippen LogP contribution in [0.25, 0.3) is 0 Å². The third kappa shape index (κ3) is 3.39. The second-order valence-corrected chi connectivity index (χ2v) is 4.32. The summed E-state index contributed by atoms with van der Waals surface area (Å²) < 4.78 is 0. The molecule has 0 atom stereocenters. The number of aromatic nitrogens is 1. The molecule has 1 N–H and O–H groups in total. The van der Waals surface area contributed by atoms with Gasteiger partial charge < -0.3 is 0 Å². The molecule has 0 fully saturated rings. The Morgan fingerprint density at radius 1 is 1.14 bits per heavy atom. The molecule has 0 saturated heterocycles. The topological polar surface area (TPSA) is 124 Å². The van der Waals surface area contributed by atoms with Crippen molar-refractivity contribution < 1.29 is 9.85 Å². The lowest BCUT2D eigenvalue weighted by molar-refractivity contribution is -0.394. The van der Waals surface area contributed by atoms with Crippen LogP contribution < -0.4 is 5.43 Å². The highest BCUT2D eigenvalue weighted by atomic mass is 16.6. The Labute approximate surface area is 124 Å². The van der Waals surface area contributed by atoms with Crippen LogP contribution in [0.2, 0.25) is 0 Å². The van der Waals surface area contributed by atoms with E-state index in [1.165, 1.54) is 19.2 Å². The Hall–Kier alpha value is -3.36. The monoisotopic (exact) mass is 301 g/mol. The molecule has 2 aromatic rings. The molecule has 1 heterocycles. The van der Waals surface area contributed by atoms with E-state index >= 15 is 0 Å². The van der Waals surface area contributed by atoms with Crippen LogP contribution in [0.15, 0.2) is 41.8 Å². The maximum absolute atomic E-state index is 11.0. The Morgan fingerprint density at radius 3 is 2.36 bits per heavy atom. The molecule has 0 unspecified atom stereocenters. The molecule has 0 aliphatic rings. The highest BCUT2D eigenvalue weighted by molar-refractivity contribution is 5.80. The number of nitro benzene ring substituents is 2. The van der Waals surface area contributed by atoms with Crippen LogP contribution in [-0.4, -0.2) is 21.0 Å². The number of aryl methyl sites for hydroxylation is 1. The minimum atomic E-state index is -0.698.